The molecule has 3 heteroatoms. The quantitative estimate of drug-likeness (QED) is 0.433. The van der Waals surface area contributed by atoms with Crippen LogP contribution in [0.25, 0.3) is 10.2 Å². The van der Waals surface area contributed by atoms with Gasteiger partial charge in [-0.15, -0.1) is 11.3 Å². The maximum absolute atomic E-state index is 4.86. The van der Waals surface area contributed by atoms with Crippen LogP contribution in [0.4, 0.5) is 5.69 Å². The van der Waals surface area contributed by atoms with Crippen LogP contribution in [-0.4, -0.2) is 4.98 Å². The lowest BCUT2D eigenvalue weighted by Gasteiger charge is -2.62. The molecule has 2 unspecified atom stereocenters. The van der Waals surface area contributed by atoms with E-state index >= 15 is 0 Å². The first-order chi connectivity index (χ1) is 12.6. The maximum Gasteiger partial charge on any atom is 0.0869 e. The predicted octanol–water partition coefficient (Wildman–Crippen LogP) is 6.72. The van der Waals surface area contributed by atoms with Crippen LogP contribution >= 0.6 is 11.3 Å². The molecule has 2 aliphatic heterocycles. The van der Waals surface area contributed by atoms with E-state index in [0.717, 1.165) is 0 Å². The fraction of sp³-hybridized carbons (Fsp3) is 0.458. The van der Waals surface area contributed by atoms with Gasteiger partial charge in [0.2, 0.25) is 0 Å². The summed E-state index contributed by atoms with van der Waals surface area (Å²) in [6.07, 6.45) is 1.95. The summed E-state index contributed by atoms with van der Waals surface area (Å²) in [5.41, 5.74) is 6.93. The molecule has 2 aromatic heterocycles. The zero-order chi connectivity index (χ0) is 19.4. The van der Waals surface area contributed by atoms with Crippen molar-refractivity contribution in [3.63, 3.8) is 0 Å². The Hall–Kier alpha value is -1.87. The number of aryl methyl sites for hydroxylation is 1. The Balaban J connectivity index is 1.95. The van der Waals surface area contributed by atoms with Crippen molar-refractivity contribution in [2.45, 2.75) is 65.5 Å². The van der Waals surface area contributed by atoms with Crippen molar-refractivity contribution in [1.82, 2.24) is 4.98 Å². The van der Waals surface area contributed by atoms with Crippen LogP contribution in [0.5, 0.6) is 0 Å². The van der Waals surface area contributed by atoms with Gasteiger partial charge in [-0.05, 0) is 49.4 Å². The molecule has 0 radical (unpaired) electrons. The molecule has 2 aliphatic rings. The standard InChI is InChI=1S/C24H28N2S/c1-14-10-8-11-16-20(14)26-15(2)21-18(19-17(27-21)12-9-13-25-19)24(26,7)23(5,6)22(16,3)4/h8-13,15H,1-7H3. The summed E-state index contributed by atoms with van der Waals surface area (Å²) in [6, 6.07) is 11.5. The molecular weight excluding hydrogens is 348 g/mol. The Morgan fingerprint density at radius 2 is 1.78 bits per heavy atom. The molecule has 0 spiro atoms. The Labute approximate surface area is 166 Å². The highest BCUT2D eigenvalue weighted by Gasteiger charge is 2.65. The minimum Gasteiger partial charge on any atom is -0.353 e. The van der Waals surface area contributed by atoms with Crippen molar-refractivity contribution >= 4 is 27.2 Å². The Morgan fingerprint density at radius 3 is 2.52 bits per heavy atom. The number of hydrogen-bond acceptors (Lipinski definition) is 3. The number of para-hydroxylation sites is 1. The molecule has 140 valence electrons. The number of benzene rings is 1. The molecule has 0 bridgehead atoms. The van der Waals surface area contributed by atoms with Crippen LogP contribution in [0.2, 0.25) is 0 Å². The lowest BCUT2D eigenvalue weighted by Crippen LogP contribution is -2.62. The average molecular weight is 377 g/mol. The van der Waals surface area contributed by atoms with Gasteiger partial charge in [0.05, 0.1) is 21.8 Å². The number of aromatic nitrogens is 1. The zero-order valence-electron chi connectivity index (χ0n) is 17.3. The fourth-order valence-corrected chi connectivity index (χ4v) is 7.10. The number of nitrogens with zero attached hydrogens (tertiary/aromatic N) is 2. The Morgan fingerprint density at radius 1 is 1.04 bits per heavy atom. The van der Waals surface area contributed by atoms with Crippen molar-refractivity contribution < 1.29 is 0 Å². The second-order valence-corrected chi connectivity index (χ2v) is 10.6. The smallest absolute Gasteiger partial charge is 0.0869 e. The van der Waals surface area contributed by atoms with Gasteiger partial charge in [-0.1, -0.05) is 45.9 Å². The highest BCUT2D eigenvalue weighted by atomic mass is 32.1. The van der Waals surface area contributed by atoms with Crippen molar-refractivity contribution in [3.05, 3.63) is 58.1 Å². The summed E-state index contributed by atoms with van der Waals surface area (Å²) in [7, 11) is 0. The molecule has 0 N–H and O–H groups in total. The minimum absolute atomic E-state index is 0.0336. The van der Waals surface area contributed by atoms with Gasteiger partial charge in [0, 0.05) is 27.7 Å². The summed E-state index contributed by atoms with van der Waals surface area (Å²) in [5, 5.41) is 0. The molecule has 27 heavy (non-hydrogen) atoms. The molecule has 1 aromatic carbocycles. The van der Waals surface area contributed by atoms with Crippen molar-refractivity contribution in [1.29, 1.82) is 0 Å². The van der Waals surface area contributed by atoms with Gasteiger partial charge in [0.1, 0.15) is 0 Å². The lowest BCUT2D eigenvalue weighted by molar-refractivity contribution is 0.0659. The van der Waals surface area contributed by atoms with Crippen LogP contribution in [0, 0.1) is 12.3 Å². The molecule has 0 fully saturated rings. The Bertz CT molecular complexity index is 1090. The first-order valence-electron chi connectivity index (χ1n) is 9.91. The molecular formula is C24H28N2S. The summed E-state index contributed by atoms with van der Waals surface area (Å²) in [5.74, 6) is 0. The van der Waals surface area contributed by atoms with E-state index in [4.69, 9.17) is 4.98 Å². The van der Waals surface area contributed by atoms with E-state index in [-0.39, 0.29) is 16.4 Å². The number of pyridine rings is 1. The molecule has 0 amide bonds. The van der Waals surface area contributed by atoms with Gasteiger partial charge in [0.15, 0.2) is 0 Å². The van der Waals surface area contributed by atoms with E-state index < -0.39 is 0 Å². The van der Waals surface area contributed by atoms with Gasteiger partial charge in [-0.25, -0.2) is 0 Å². The molecule has 0 saturated carbocycles. The second kappa shape index (κ2) is 4.94. The lowest BCUT2D eigenvalue weighted by atomic mass is 9.51. The van der Waals surface area contributed by atoms with Crippen molar-refractivity contribution in [2.75, 3.05) is 4.90 Å². The van der Waals surface area contributed by atoms with Crippen LogP contribution < -0.4 is 4.90 Å². The molecule has 2 atom stereocenters. The summed E-state index contributed by atoms with van der Waals surface area (Å²) < 4.78 is 1.32. The number of rotatable bonds is 0. The van der Waals surface area contributed by atoms with Gasteiger partial charge < -0.3 is 4.90 Å². The number of anilines is 1. The molecule has 0 saturated heterocycles. The van der Waals surface area contributed by atoms with E-state index in [2.05, 4.69) is 83.7 Å². The van der Waals surface area contributed by atoms with Crippen LogP contribution in [0.3, 0.4) is 0 Å². The molecule has 3 aromatic rings. The van der Waals surface area contributed by atoms with Crippen LogP contribution in [0.1, 0.15) is 69.2 Å². The van der Waals surface area contributed by atoms with Crippen LogP contribution in [0.15, 0.2) is 36.5 Å². The van der Waals surface area contributed by atoms with Crippen LogP contribution in [-0.2, 0) is 11.0 Å². The average Bonchev–Trinajstić information content (AvgIpc) is 3.10. The third kappa shape index (κ3) is 1.71. The number of thiophene rings is 1. The zero-order valence-corrected chi connectivity index (χ0v) is 18.2. The van der Waals surface area contributed by atoms with E-state index in [1.54, 1.807) is 0 Å². The normalized spacial score (nSPS) is 27.4. The predicted molar refractivity (Wildman–Crippen MR) is 116 cm³/mol. The van der Waals surface area contributed by atoms with E-state index in [9.17, 15) is 0 Å². The first kappa shape index (κ1) is 17.2. The third-order valence-electron chi connectivity index (χ3n) is 8.14. The number of hydrogen-bond donors (Lipinski definition) is 0. The van der Waals surface area contributed by atoms with E-state index in [1.165, 1.54) is 37.5 Å². The van der Waals surface area contributed by atoms with Crippen molar-refractivity contribution in [3.8, 4) is 0 Å². The minimum atomic E-state index is -0.100. The van der Waals surface area contributed by atoms with Gasteiger partial charge >= 0.3 is 0 Å². The van der Waals surface area contributed by atoms with Gasteiger partial charge in [-0.3, -0.25) is 4.98 Å². The second-order valence-electron chi connectivity index (χ2n) is 9.53. The van der Waals surface area contributed by atoms with E-state index in [1.807, 2.05) is 17.5 Å². The maximum atomic E-state index is 4.86. The van der Waals surface area contributed by atoms with E-state index in [0.29, 0.717) is 6.04 Å². The molecule has 5 rings (SSSR count). The van der Waals surface area contributed by atoms with Gasteiger partial charge in [-0.2, -0.15) is 0 Å². The molecule has 2 nitrogen and oxygen atoms in total. The van der Waals surface area contributed by atoms with Crippen molar-refractivity contribution in [2.24, 2.45) is 5.41 Å². The monoisotopic (exact) mass is 376 g/mol. The highest BCUT2D eigenvalue weighted by Crippen LogP contribution is 2.69. The number of fused-ring (bicyclic) bond motifs is 7. The first-order valence-corrected chi connectivity index (χ1v) is 10.7. The fourth-order valence-electron chi connectivity index (χ4n) is 5.80. The molecule has 0 aliphatic carbocycles. The highest BCUT2D eigenvalue weighted by molar-refractivity contribution is 7.19. The summed E-state index contributed by atoms with van der Waals surface area (Å²) in [4.78, 5) is 9.07. The summed E-state index contributed by atoms with van der Waals surface area (Å²) in [6.45, 7) is 16.9. The SMILES string of the molecule is Cc1cccc2c1N1C(C)c3sc4cccnc4c3C1(C)C(C)(C)C2(C)C. The third-order valence-corrected chi connectivity index (χ3v) is 9.46. The Kier molecular flexibility index (Phi) is 3.15. The largest absolute Gasteiger partial charge is 0.353 e. The summed E-state index contributed by atoms with van der Waals surface area (Å²) >= 11 is 1.94. The molecule has 4 heterocycles. The van der Waals surface area contributed by atoms with Gasteiger partial charge in [0.25, 0.3) is 0 Å². The topological polar surface area (TPSA) is 16.1 Å².